The number of carbonyl (C=O) groups excluding carboxylic acids is 3. The molecule has 27 heavy (non-hydrogen) atoms. The number of nitrogens with one attached hydrogen (secondary N) is 1. The highest BCUT2D eigenvalue weighted by Crippen LogP contribution is 2.26. The smallest absolute Gasteiger partial charge is 0.340 e. The minimum absolute atomic E-state index is 0.0259. The lowest BCUT2D eigenvalue weighted by atomic mass is 10.1. The maximum Gasteiger partial charge on any atom is 0.340 e. The van der Waals surface area contributed by atoms with Gasteiger partial charge in [0, 0.05) is 13.0 Å². The van der Waals surface area contributed by atoms with Gasteiger partial charge in [0.2, 0.25) is 5.91 Å². The summed E-state index contributed by atoms with van der Waals surface area (Å²) in [7, 11) is 0. The monoisotopic (exact) mass is 386 g/mol. The number of para-hydroxylation sites is 1. The minimum Gasteiger partial charge on any atom is -0.452 e. The lowest BCUT2D eigenvalue weighted by Crippen LogP contribution is -2.27. The van der Waals surface area contributed by atoms with Crippen LogP contribution in [0.3, 0.4) is 0 Å². The second-order valence-electron chi connectivity index (χ2n) is 6.27. The number of nitrogens with zero attached hydrogens (tertiary/aromatic N) is 1. The molecule has 0 aromatic heterocycles. The summed E-state index contributed by atoms with van der Waals surface area (Å²) < 4.78 is 5.13. The fourth-order valence-electron chi connectivity index (χ4n) is 2.90. The van der Waals surface area contributed by atoms with Crippen LogP contribution < -0.4 is 10.2 Å². The molecule has 2 aromatic rings. The van der Waals surface area contributed by atoms with Gasteiger partial charge in [0.25, 0.3) is 5.91 Å². The average Bonchev–Trinajstić information content (AvgIpc) is 3.08. The van der Waals surface area contributed by atoms with Crippen molar-refractivity contribution in [3.8, 4) is 0 Å². The Balaban J connectivity index is 1.64. The number of hydrogen-bond donors (Lipinski definition) is 1. The van der Waals surface area contributed by atoms with Crippen molar-refractivity contribution in [3.63, 3.8) is 0 Å². The van der Waals surface area contributed by atoms with Gasteiger partial charge in [-0.2, -0.15) is 0 Å². The Kier molecular flexibility index (Phi) is 5.76. The normalized spacial score (nSPS) is 13.6. The van der Waals surface area contributed by atoms with Crippen LogP contribution in [0.25, 0.3) is 0 Å². The topological polar surface area (TPSA) is 75.7 Å². The van der Waals surface area contributed by atoms with E-state index in [2.05, 4.69) is 5.32 Å². The second-order valence-corrected chi connectivity index (χ2v) is 6.68. The summed E-state index contributed by atoms with van der Waals surface area (Å²) >= 11 is 6.08. The molecular weight excluding hydrogens is 368 g/mol. The van der Waals surface area contributed by atoms with E-state index >= 15 is 0 Å². The van der Waals surface area contributed by atoms with Gasteiger partial charge in [-0.1, -0.05) is 29.8 Å². The van der Waals surface area contributed by atoms with Gasteiger partial charge in [-0.05, 0) is 43.2 Å². The van der Waals surface area contributed by atoms with Crippen LogP contribution in [0.15, 0.2) is 42.5 Å². The van der Waals surface area contributed by atoms with Crippen molar-refractivity contribution < 1.29 is 19.1 Å². The number of amides is 2. The highest BCUT2D eigenvalue weighted by atomic mass is 35.5. The molecule has 0 unspecified atom stereocenters. The molecule has 7 heteroatoms. The number of anilines is 2. The van der Waals surface area contributed by atoms with Gasteiger partial charge in [-0.25, -0.2) is 4.79 Å². The molecule has 1 N–H and O–H groups in total. The predicted molar refractivity (Wildman–Crippen MR) is 103 cm³/mol. The van der Waals surface area contributed by atoms with Crippen molar-refractivity contribution in [2.75, 3.05) is 23.4 Å². The Bertz CT molecular complexity index is 897. The first-order valence-corrected chi connectivity index (χ1v) is 8.96. The first-order chi connectivity index (χ1) is 13.0. The molecule has 0 radical (unpaired) electrons. The van der Waals surface area contributed by atoms with Gasteiger partial charge >= 0.3 is 5.97 Å². The van der Waals surface area contributed by atoms with Crippen LogP contribution >= 0.6 is 11.6 Å². The van der Waals surface area contributed by atoms with Crippen molar-refractivity contribution in [2.24, 2.45) is 0 Å². The molecule has 0 atom stereocenters. The zero-order valence-corrected chi connectivity index (χ0v) is 15.6. The molecule has 1 fully saturated rings. The van der Waals surface area contributed by atoms with Crippen LogP contribution in [0, 0.1) is 6.92 Å². The molecule has 2 aromatic carbocycles. The van der Waals surface area contributed by atoms with Crippen molar-refractivity contribution in [3.05, 3.63) is 58.6 Å². The number of carbonyl (C=O) groups is 3. The minimum atomic E-state index is -0.657. The number of rotatable bonds is 5. The van der Waals surface area contributed by atoms with Crippen molar-refractivity contribution in [2.45, 2.75) is 19.8 Å². The molecule has 0 spiro atoms. The van der Waals surface area contributed by atoms with Crippen molar-refractivity contribution >= 4 is 40.8 Å². The maximum absolute atomic E-state index is 12.4. The third-order valence-electron chi connectivity index (χ3n) is 4.22. The molecule has 1 aliphatic heterocycles. The summed E-state index contributed by atoms with van der Waals surface area (Å²) in [5.41, 5.74) is 2.18. The largest absolute Gasteiger partial charge is 0.452 e. The van der Waals surface area contributed by atoms with E-state index in [0.717, 1.165) is 12.0 Å². The van der Waals surface area contributed by atoms with Crippen LogP contribution in [-0.4, -0.2) is 30.9 Å². The van der Waals surface area contributed by atoms with Crippen LogP contribution in [0.5, 0.6) is 0 Å². The molecule has 1 heterocycles. The lowest BCUT2D eigenvalue weighted by molar-refractivity contribution is -0.119. The number of benzene rings is 2. The fourth-order valence-corrected chi connectivity index (χ4v) is 3.18. The zero-order valence-electron chi connectivity index (χ0n) is 14.8. The van der Waals surface area contributed by atoms with Gasteiger partial charge in [0.1, 0.15) is 0 Å². The molecule has 0 saturated carbocycles. The Morgan fingerprint density at radius 1 is 1.22 bits per heavy atom. The molecule has 1 saturated heterocycles. The summed E-state index contributed by atoms with van der Waals surface area (Å²) in [6.45, 7) is 2.00. The van der Waals surface area contributed by atoms with E-state index in [1.54, 1.807) is 41.3 Å². The van der Waals surface area contributed by atoms with Crippen LogP contribution in [-0.2, 0) is 14.3 Å². The molecule has 0 bridgehead atoms. The van der Waals surface area contributed by atoms with E-state index < -0.39 is 18.5 Å². The third-order valence-corrected chi connectivity index (χ3v) is 4.53. The van der Waals surface area contributed by atoms with E-state index in [4.69, 9.17) is 16.3 Å². The second kappa shape index (κ2) is 8.22. The molecular formula is C20H19ClN2O4. The summed E-state index contributed by atoms with van der Waals surface area (Å²) in [6.07, 6.45) is 1.21. The number of halogens is 1. The Morgan fingerprint density at radius 3 is 2.70 bits per heavy atom. The SMILES string of the molecule is Cc1ccc(NC(=O)COC(=O)c2ccccc2N2CCCC2=O)c(Cl)c1. The van der Waals surface area contributed by atoms with Gasteiger partial charge in [-0.3, -0.25) is 9.59 Å². The fraction of sp³-hybridized carbons (Fsp3) is 0.250. The quantitative estimate of drug-likeness (QED) is 0.797. The number of esters is 1. The molecule has 3 rings (SSSR count). The predicted octanol–water partition coefficient (Wildman–Crippen LogP) is 3.57. The summed E-state index contributed by atoms with van der Waals surface area (Å²) in [6, 6.07) is 12.0. The third kappa shape index (κ3) is 4.46. The van der Waals surface area contributed by atoms with Crippen molar-refractivity contribution in [1.82, 2.24) is 0 Å². The summed E-state index contributed by atoms with van der Waals surface area (Å²) in [5, 5.41) is 3.02. The van der Waals surface area contributed by atoms with Gasteiger partial charge < -0.3 is 15.0 Å². The van der Waals surface area contributed by atoms with E-state index in [1.165, 1.54) is 0 Å². The van der Waals surface area contributed by atoms with Crippen LogP contribution in [0.2, 0.25) is 5.02 Å². The van der Waals surface area contributed by atoms with Crippen LogP contribution in [0.4, 0.5) is 11.4 Å². The molecule has 2 amide bonds. The summed E-state index contributed by atoms with van der Waals surface area (Å²) in [5.74, 6) is -1.18. The van der Waals surface area contributed by atoms with Crippen LogP contribution in [0.1, 0.15) is 28.8 Å². The lowest BCUT2D eigenvalue weighted by Gasteiger charge is -2.18. The van der Waals surface area contributed by atoms with E-state index in [1.807, 2.05) is 13.0 Å². The van der Waals surface area contributed by atoms with Gasteiger partial charge in [0.15, 0.2) is 6.61 Å². The molecule has 0 aliphatic carbocycles. The number of hydrogen-bond acceptors (Lipinski definition) is 4. The Morgan fingerprint density at radius 2 is 2.00 bits per heavy atom. The average molecular weight is 387 g/mol. The maximum atomic E-state index is 12.4. The van der Waals surface area contributed by atoms with Gasteiger partial charge in [-0.15, -0.1) is 0 Å². The Labute approximate surface area is 162 Å². The summed E-state index contributed by atoms with van der Waals surface area (Å²) in [4.78, 5) is 38.0. The zero-order chi connectivity index (χ0) is 19.4. The van der Waals surface area contributed by atoms with E-state index in [0.29, 0.717) is 29.4 Å². The molecule has 6 nitrogen and oxygen atoms in total. The molecule has 140 valence electrons. The first kappa shape index (κ1) is 18.9. The highest BCUT2D eigenvalue weighted by Gasteiger charge is 2.26. The highest BCUT2D eigenvalue weighted by molar-refractivity contribution is 6.33. The Hall–Kier alpha value is -2.86. The number of ether oxygens (including phenoxy) is 1. The molecule has 1 aliphatic rings. The van der Waals surface area contributed by atoms with Crippen molar-refractivity contribution in [1.29, 1.82) is 0 Å². The standard InChI is InChI=1S/C20H19ClN2O4/c1-13-8-9-16(15(21)11-13)22-18(24)12-27-20(26)14-5-2-3-6-17(14)23-10-4-7-19(23)25/h2-3,5-6,8-9,11H,4,7,10,12H2,1H3,(H,22,24). The van der Waals surface area contributed by atoms with E-state index in [-0.39, 0.29) is 11.5 Å². The first-order valence-electron chi connectivity index (χ1n) is 8.58. The van der Waals surface area contributed by atoms with Gasteiger partial charge in [0.05, 0.1) is 22.0 Å². The van der Waals surface area contributed by atoms with E-state index in [9.17, 15) is 14.4 Å². The number of aryl methyl sites for hydroxylation is 1.